The highest BCUT2D eigenvalue weighted by Gasteiger charge is 2.06. The fourth-order valence-electron chi connectivity index (χ4n) is 0.852. The number of hydrogen-bond donors (Lipinski definition) is 3. The molecule has 0 heterocycles. The van der Waals surface area contributed by atoms with Crippen LogP contribution in [0.2, 0.25) is 0 Å². The molecule has 1 amide bonds. The summed E-state index contributed by atoms with van der Waals surface area (Å²) in [4.78, 5) is 12.6. The SMILES string of the molecule is CN(C)CCOCCNCC(N)C(N)=O. The minimum atomic E-state index is -0.619. The smallest absolute Gasteiger partial charge is 0.235 e. The highest BCUT2D eigenvalue weighted by atomic mass is 16.5. The van der Waals surface area contributed by atoms with Crippen LogP contribution in [0.5, 0.6) is 0 Å². The van der Waals surface area contributed by atoms with Crippen molar-refractivity contribution >= 4 is 5.91 Å². The average Bonchev–Trinajstić information content (AvgIpc) is 2.15. The zero-order valence-electron chi connectivity index (χ0n) is 9.53. The molecule has 0 fully saturated rings. The van der Waals surface area contributed by atoms with Crippen LogP contribution in [0, 0.1) is 0 Å². The van der Waals surface area contributed by atoms with Gasteiger partial charge in [0.15, 0.2) is 0 Å². The highest BCUT2D eigenvalue weighted by molar-refractivity contribution is 5.79. The number of carbonyl (C=O) groups is 1. The van der Waals surface area contributed by atoms with E-state index in [1.165, 1.54) is 0 Å². The fourth-order valence-corrected chi connectivity index (χ4v) is 0.852. The second-order valence-corrected chi connectivity index (χ2v) is 3.63. The maximum Gasteiger partial charge on any atom is 0.235 e. The summed E-state index contributed by atoms with van der Waals surface area (Å²) in [5.74, 6) is -0.490. The van der Waals surface area contributed by atoms with Crippen LogP contribution in [0.4, 0.5) is 0 Å². The van der Waals surface area contributed by atoms with Crippen molar-refractivity contribution in [3.63, 3.8) is 0 Å². The van der Waals surface area contributed by atoms with Crippen molar-refractivity contribution in [3.05, 3.63) is 0 Å². The van der Waals surface area contributed by atoms with E-state index in [-0.39, 0.29) is 0 Å². The van der Waals surface area contributed by atoms with Gasteiger partial charge in [0.05, 0.1) is 19.3 Å². The van der Waals surface area contributed by atoms with Crippen LogP contribution in [0.1, 0.15) is 0 Å². The number of nitrogens with two attached hydrogens (primary N) is 2. The van der Waals surface area contributed by atoms with Crippen molar-refractivity contribution in [2.45, 2.75) is 6.04 Å². The molecule has 0 aromatic carbocycles. The maximum atomic E-state index is 10.6. The fraction of sp³-hybridized carbons (Fsp3) is 0.889. The zero-order chi connectivity index (χ0) is 11.7. The Labute approximate surface area is 90.9 Å². The molecular weight excluding hydrogens is 196 g/mol. The first-order chi connectivity index (χ1) is 7.04. The molecule has 0 radical (unpaired) electrons. The Bertz CT molecular complexity index is 175. The predicted octanol–water partition coefficient (Wildman–Crippen LogP) is -2.03. The lowest BCUT2D eigenvalue weighted by atomic mass is 10.3. The predicted molar refractivity (Wildman–Crippen MR) is 59.4 cm³/mol. The summed E-state index contributed by atoms with van der Waals surface area (Å²) in [5, 5.41) is 2.99. The molecule has 5 N–H and O–H groups in total. The van der Waals surface area contributed by atoms with E-state index in [9.17, 15) is 4.79 Å². The second kappa shape index (κ2) is 8.60. The molecule has 0 saturated heterocycles. The van der Waals surface area contributed by atoms with E-state index in [1.807, 2.05) is 14.1 Å². The molecule has 0 saturated carbocycles. The van der Waals surface area contributed by atoms with Gasteiger partial charge >= 0.3 is 0 Å². The van der Waals surface area contributed by atoms with Gasteiger partial charge in [0.1, 0.15) is 0 Å². The molecule has 0 bridgehead atoms. The Kier molecular flexibility index (Phi) is 8.21. The second-order valence-electron chi connectivity index (χ2n) is 3.63. The third kappa shape index (κ3) is 9.61. The van der Waals surface area contributed by atoms with Crippen LogP contribution in [0.25, 0.3) is 0 Å². The minimum absolute atomic E-state index is 0.395. The van der Waals surface area contributed by atoms with E-state index in [4.69, 9.17) is 16.2 Å². The summed E-state index contributed by atoms with van der Waals surface area (Å²) in [6, 6.07) is -0.619. The number of nitrogens with one attached hydrogen (secondary N) is 1. The molecule has 1 unspecified atom stereocenters. The van der Waals surface area contributed by atoms with Gasteiger partial charge in [0, 0.05) is 19.6 Å². The standard InChI is InChI=1S/C9H22N4O2/c1-13(2)4-6-15-5-3-12-7-8(10)9(11)14/h8,12H,3-7,10H2,1-2H3,(H2,11,14). The van der Waals surface area contributed by atoms with Gasteiger partial charge in [0.2, 0.25) is 5.91 Å². The van der Waals surface area contributed by atoms with E-state index < -0.39 is 11.9 Å². The molecule has 6 nitrogen and oxygen atoms in total. The van der Waals surface area contributed by atoms with Crippen molar-refractivity contribution in [3.8, 4) is 0 Å². The number of hydrogen-bond acceptors (Lipinski definition) is 5. The molecule has 15 heavy (non-hydrogen) atoms. The molecule has 6 heteroatoms. The average molecular weight is 218 g/mol. The number of ether oxygens (including phenoxy) is 1. The van der Waals surface area contributed by atoms with Gasteiger partial charge < -0.3 is 26.4 Å². The van der Waals surface area contributed by atoms with Crippen LogP contribution >= 0.6 is 0 Å². The summed E-state index contributed by atoms with van der Waals surface area (Å²) in [6.07, 6.45) is 0. The normalized spacial score (nSPS) is 13.1. The number of likely N-dealkylation sites (N-methyl/N-ethyl adjacent to an activating group) is 1. The highest BCUT2D eigenvalue weighted by Crippen LogP contribution is 1.78. The number of nitrogens with zero attached hydrogens (tertiary/aromatic N) is 1. The van der Waals surface area contributed by atoms with E-state index in [1.54, 1.807) is 0 Å². The molecule has 90 valence electrons. The van der Waals surface area contributed by atoms with Crippen molar-refractivity contribution in [1.82, 2.24) is 10.2 Å². The summed E-state index contributed by atoms with van der Waals surface area (Å²) < 4.78 is 5.33. The van der Waals surface area contributed by atoms with Crippen LogP contribution < -0.4 is 16.8 Å². The van der Waals surface area contributed by atoms with Crippen molar-refractivity contribution < 1.29 is 9.53 Å². The number of primary amides is 1. The number of amides is 1. The third-order valence-electron chi connectivity index (χ3n) is 1.84. The molecule has 0 aliphatic rings. The molecular formula is C9H22N4O2. The quantitative estimate of drug-likeness (QED) is 0.388. The lowest BCUT2D eigenvalue weighted by Gasteiger charge is -2.11. The van der Waals surface area contributed by atoms with E-state index in [2.05, 4.69) is 10.2 Å². The van der Waals surface area contributed by atoms with Crippen LogP contribution in [-0.4, -0.2) is 63.8 Å². The maximum absolute atomic E-state index is 10.6. The monoisotopic (exact) mass is 218 g/mol. The Morgan fingerprint density at radius 1 is 1.47 bits per heavy atom. The van der Waals surface area contributed by atoms with Gasteiger partial charge in [-0.2, -0.15) is 0 Å². The first-order valence-corrected chi connectivity index (χ1v) is 5.02. The van der Waals surface area contributed by atoms with Gasteiger partial charge in [0.25, 0.3) is 0 Å². The van der Waals surface area contributed by atoms with E-state index >= 15 is 0 Å². The number of rotatable bonds is 9. The molecule has 0 aliphatic heterocycles. The van der Waals surface area contributed by atoms with E-state index in [0.29, 0.717) is 26.3 Å². The summed E-state index contributed by atoms with van der Waals surface area (Å²) in [5.41, 5.74) is 10.4. The van der Waals surface area contributed by atoms with Crippen LogP contribution in [0.15, 0.2) is 0 Å². The van der Waals surface area contributed by atoms with Gasteiger partial charge in [-0.15, -0.1) is 0 Å². The van der Waals surface area contributed by atoms with Crippen molar-refractivity contribution in [2.24, 2.45) is 11.5 Å². The lowest BCUT2D eigenvalue weighted by molar-refractivity contribution is -0.119. The third-order valence-corrected chi connectivity index (χ3v) is 1.84. The van der Waals surface area contributed by atoms with Crippen molar-refractivity contribution in [2.75, 3.05) is 46.9 Å². The molecule has 0 rings (SSSR count). The first kappa shape index (κ1) is 14.3. The van der Waals surface area contributed by atoms with Gasteiger partial charge in [-0.3, -0.25) is 4.79 Å². The van der Waals surface area contributed by atoms with Gasteiger partial charge in [-0.25, -0.2) is 0 Å². The molecule has 0 aromatic heterocycles. The Hall–Kier alpha value is -0.690. The summed E-state index contributed by atoms with van der Waals surface area (Å²) in [6.45, 7) is 3.29. The minimum Gasteiger partial charge on any atom is -0.379 e. The Morgan fingerprint density at radius 2 is 2.13 bits per heavy atom. The van der Waals surface area contributed by atoms with E-state index in [0.717, 1.165) is 6.54 Å². The summed E-state index contributed by atoms with van der Waals surface area (Å²) in [7, 11) is 3.99. The first-order valence-electron chi connectivity index (χ1n) is 5.02. The molecule has 0 aromatic rings. The van der Waals surface area contributed by atoms with Gasteiger partial charge in [-0.05, 0) is 14.1 Å². The largest absolute Gasteiger partial charge is 0.379 e. The Morgan fingerprint density at radius 3 is 2.67 bits per heavy atom. The molecule has 0 spiro atoms. The topological polar surface area (TPSA) is 93.6 Å². The summed E-state index contributed by atoms with van der Waals surface area (Å²) >= 11 is 0. The zero-order valence-corrected chi connectivity index (χ0v) is 9.53. The lowest BCUT2D eigenvalue weighted by Crippen LogP contribution is -2.44. The van der Waals surface area contributed by atoms with Gasteiger partial charge in [-0.1, -0.05) is 0 Å². The molecule has 1 atom stereocenters. The molecule has 0 aliphatic carbocycles. The van der Waals surface area contributed by atoms with Crippen LogP contribution in [-0.2, 0) is 9.53 Å². The number of carbonyl (C=O) groups excluding carboxylic acids is 1. The van der Waals surface area contributed by atoms with Crippen LogP contribution in [0.3, 0.4) is 0 Å². The van der Waals surface area contributed by atoms with Crippen molar-refractivity contribution in [1.29, 1.82) is 0 Å². The Balaban J connectivity index is 3.15.